The Kier molecular flexibility index (Phi) is 11.2. The highest BCUT2D eigenvalue weighted by Crippen LogP contribution is 2.39. The van der Waals surface area contributed by atoms with Crippen LogP contribution in [0.1, 0.15) is 61.5 Å². The highest BCUT2D eigenvalue weighted by molar-refractivity contribution is 7.89. The van der Waals surface area contributed by atoms with Crippen LogP contribution in [-0.2, 0) is 53.8 Å². The molecule has 9 rings (SSSR count). The molecule has 0 unspecified atom stereocenters. The monoisotopic (exact) mass is 822 g/mol. The molecule has 58 heavy (non-hydrogen) atoms. The van der Waals surface area contributed by atoms with Gasteiger partial charge in [-0.3, -0.25) is 19.5 Å². The van der Waals surface area contributed by atoms with Crippen molar-refractivity contribution >= 4 is 39.9 Å². The Hall–Kier alpha value is -5.05. The molecule has 14 heteroatoms. The second-order valence-electron chi connectivity index (χ2n) is 15.5. The average molecular weight is 823 g/mol. The smallest absolute Gasteiger partial charge is 0.259 e. The number of anilines is 1. The maximum absolute atomic E-state index is 15.4. The third-order valence-electron chi connectivity index (χ3n) is 12.0. The van der Waals surface area contributed by atoms with Crippen molar-refractivity contribution < 1.29 is 27.9 Å². The van der Waals surface area contributed by atoms with Gasteiger partial charge in [-0.05, 0) is 103 Å². The van der Waals surface area contributed by atoms with Crippen LogP contribution in [0.15, 0.2) is 96.2 Å². The number of ether oxygens (including phenoxy) is 1. The molecule has 0 spiro atoms. The molecular formula is C44H47ClN6O6S. The number of benzene rings is 3. The van der Waals surface area contributed by atoms with Crippen molar-refractivity contribution in [3.8, 4) is 17.0 Å². The van der Waals surface area contributed by atoms with Crippen LogP contribution in [0.3, 0.4) is 0 Å². The molecule has 1 atom stereocenters. The number of hydrogen-bond donors (Lipinski definition) is 1. The van der Waals surface area contributed by atoms with E-state index in [1.54, 1.807) is 54.5 Å². The van der Waals surface area contributed by atoms with E-state index >= 15 is 4.79 Å². The zero-order valence-corrected chi connectivity index (χ0v) is 34.1. The first-order chi connectivity index (χ1) is 27.7. The van der Waals surface area contributed by atoms with E-state index < -0.39 is 10.0 Å². The number of phenolic OH excluding ortho intramolecular Hbond substituents is 1. The SMILES string of the molecule is CN(C(=O)c1cc(-c2cc3c(cc2C(=O)N2Cc4ccccc4C[C@H]2CN2CCOCC2)CN(S(=O)(=O)c2cccnc2)C3)n2c1CCCC2)c1ccc(O)cc1.Cl. The number of hydrogen-bond acceptors (Lipinski definition) is 8. The van der Waals surface area contributed by atoms with Crippen molar-refractivity contribution in [1.82, 2.24) is 23.7 Å². The fraction of sp³-hybridized carbons (Fsp3) is 0.341. The van der Waals surface area contributed by atoms with Crippen LogP contribution < -0.4 is 4.90 Å². The predicted molar refractivity (Wildman–Crippen MR) is 223 cm³/mol. The molecule has 302 valence electrons. The molecule has 4 aliphatic heterocycles. The van der Waals surface area contributed by atoms with Crippen molar-refractivity contribution in [3.63, 3.8) is 0 Å². The summed E-state index contributed by atoms with van der Waals surface area (Å²) in [5.41, 5.74) is 8.06. The van der Waals surface area contributed by atoms with E-state index in [0.29, 0.717) is 61.6 Å². The highest BCUT2D eigenvalue weighted by atomic mass is 35.5. The number of nitrogens with zero attached hydrogens (tertiary/aromatic N) is 6. The molecule has 2 aromatic heterocycles. The largest absolute Gasteiger partial charge is 0.508 e. The van der Waals surface area contributed by atoms with Gasteiger partial charge in [0, 0.05) is 99.5 Å². The van der Waals surface area contributed by atoms with Crippen molar-refractivity contribution in [1.29, 1.82) is 0 Å². The second-order valence-corrected chi connectivity index (χ2v) is 17.4. The van der Waals surface area contributed by atoms with Gasteiger partial charge in [0.25, 0.3) is 11.8 Å². The van der Waals surface area contributed by atoms with Gasteiger partial charge in [-0.15, -0.1) is 12.4 Å². The van der Waals surface area contributed by atoms with Crippen LogP contribution in [0.5, 0.6) is 5.75 Å². The maximum atomic E-state index is 15.4. The molecule has 0 radical (unpaired) electrons. The minimum Gasteiger partial charge on any atom is -0.508 e. The van der Waals surface area contributed by atoms with Gasteiger partial charge in [0.1, 0.15) is 10.6 Å². The average Bonchev–Trinajstić information content (AvgIpc) is 3.85. The lowest BCUT2D eigenvalue weighted by atomic mass is 9.91. The number of pyridine rings is 1. The summed E-state index contributed by atoms with van der Waals surface area (Å²) < 4.78 is 37.0. The van der Waals surface area contributed by atoms with Crippen LogP contribution in [-0.4, -0.2) is 94.9 Å². The van der Waals surface area contributed by atoms with Crippen molar-refractivity contribution in [2.75, 3.05) is 44.8 Å². The molecule has 4 aliphatic rings. The van der Waals surface area contributed by atoms with Gasteiger partial charge in [0.05, 0.1) is 18.8 Å². The summed E-state index contributed by atoms with van der Waals surface area (Å²) in [4.78, 5) is 39.9. The minimum atomic E-state index is -3.87. The first-order valence-corrected chi connectivity index (χ1v) is 21.1. The molecule has 0 saturated carbocycles. The summed E-state index contributed by atoms with van der Waals surface area (Å²) in [5.74, 6) is -0.179. The fourth-order valence-electron chi connectivity index (χ4n) is 8.91. The number of carbonyl (C=O) groups is 2. The molecule has 6 heterocycles. The number of phenols is 1. The molecule has 5 aromatic rings. The topological polar surface area (TPSA) is 129 Å². The van der Waals surface area contributed by atoms with Crippen molar-refractivity contribution in [2.45, 2.75) is 62.8 Å². The van der Waals surface area contributed by atoms with Gasteiger partial charge in [-0.25, -0.2) is 8.42 Å². The molecule has 1 saturated heterocycles. The number of carbonyl (C=O) groups excluding carboxylic acids is 2. The Balaban J connectivity index is 0.00000469. The molecular weight excluding hydrogens is 776 g/mol. The normalized spacial score (nSPS) is 18.2. The Morgan fingerprint density at radius 1 is 0.862 bits per heavy atom. The predicted octanol–water partition coefficient (Wildman–Crippen LogP) is 5.89. The minimum absolute atomic E-state index is 0. The summed E-state index contributed by atoms with van der Waals surface area (Å²) in [6, 6.07) is 23.8. The molecule has 1 N–H and O–H groups in total. The van der Waals surface area contributed by atoms with E-state index in [4.69, 9.17) is 4.74 Å². The van der Waals surface area contributed by atoms with Crippen LogP contribution >= 0.6 is 12.4 Å². The molecule has 0 bridgehead atoms. The van der Waals surface area contributed by atoms with E-state index in [-0.39, 0.29) is 54.0 Å². The van der Waals surface area contributed by atoms with E-state index in [1.165, 1.54) is 16.1 Å². The molecule has 3 aromatic carbocycles. The molecule has 0 aliphatic carbocycles. The Morgan fingerprint density at radius 3 is 2.34 bits per heavy atom. The van der Waals surface area contributed by atoms with E-state index in [9.17, 15) is 18.3 Å². The first kappa shape index (κ1) is 39.8. The highest BCUT2D eigenvalue weighted by Gasteiger charge is 2.37. The zero-order chi connectivity index (χ0) is 39.3. The van der Waals surface area contributed by atoms with Gasteiger partial charge >= 0.3 is 0 Å². The number of aromatic hydroxyl groups is 1. The maximum Gasteiger partial charge on any atom is 0.259 e. The van der Waals surface area contributed by atoms with Crippen LogP contribution in [0.2, 0.25) is 0 Å². The quantitative estimate of drug-likeness (QED) is 0.205. The number of amides is 2. The third kappa shape index (κ3) is 7.41. The van der Waals surface area contributed by atoms with Crippen LogP contribution in [0, 0.1) is 0 Å². The van der Waals surface area contributed by atoms with Gasteiger partial charge < -0.3 is 24.2 Å². The van der Waals surface area contributed by atoms with Gasteiger partial charge in [0.15, 0.2) is 0 Å². The summed E-state index contributed by atoms with van der Waals surface area (Å²) in [5, 5.41) is 9.89. The van der Waals surface area contributed by atoms with E-state index in [0.717, 1.165) is 60.4 Å². The van der Waals surface area contributed by atoms with Crippen molar-refractivity contribution in [3.05, 3.63) is 130 Å². The summed E-state index contributed by atoms with van der Waals surface area (Å²) in [7, 11) is -2.14. The lowest BCUT2D eigenvalue weighted by Gasteiger charge is -2.40. The first-order valence-electron chi connectivity index (χ1n) is 19.7. The Labute approximate surface area is 345 Å². The number of morpholine rings is 1. The van der Waals surface area contributed by atoms with E-state index in [1.807, 2.05) is 29.2 Å². The third-order valence-corrected chi connectivity index (χ3v) is 13.8. The van der Waals surface area contributed by atoms with Gasteiger partial charge in [-0.1, -0.05) is 24.3 Å². The molecule has 1 fully saturated rings. The van der Waals surface area contributed by atoms with Crippen molar-refractivity contribution in [2.24, 2.45) is 0 Å². The standard InChI is InChI=1S/C44H46N6O6S.ClH/c1-46(34-11-13-36(51)14-12-34)43(52)40-24-42(49-16-5-4-10-41(40)49)38-22-32-26-48(57(54,55)37-9-6-15-45-25-37)27-33(32)23-39(38)44(53)50-28-31-8-3-2-7-30(31)21-35(50)29-47-17-19-56-20-18-47;/h2-3,6-9,11-15,22-25,35,51H,4-5,10,16-21,26-29H2,1H3;1H/t35-;/m0./s1. The Bertz CT molecular complexity index is 2450. The summed E-state index contributed by atoms with van der Waals surface area (Å²) in [6.07, 6.45) is 6.20. The summed E-state index contributed by atoms with van der Waals surface area (Å²) in [6.45, 7) is 5.05. The number of rotatable bonds is 8. The van der Waals surface area contributed by atoms with Gasteiger partial charge in [-0.2, -0.15) is 4.31 Å². The number of aromatic nitrogens is 2. The van der Waals surface area contributed by atoms with Crippen LogP contribution in [0.4, 0.5) is 5.69 Å². The van der Waals surface area contributed by atoms with Crippen LogP contribution in [0.25, 0.3) is 11.3 Å². The fourth-order valence-corrected chi connectivity index (χ4v) is 10.3. The number of fused-ring (bicyclic) bond motifs is 3. The lowest BCUT2D eigenvalue weighted by Crippen LogP contribution is -2.52. The van der Waals surface area contributed by atoms with Gasteiger partial charge in [0.2, 0.25) is 10.0 Å². The number of halogens is 1. The molecule has 2 amide bonds. The lowest BCUT2D eigenvalue weighted by molar-refractivity contribution is 0.0193. The van der Waals surface area contributed by atoms with E-state index in [2.05, 4.69) is 32.7 Å². The second kappa shape index (κ2) is 16.3. The molecule has 12 nitrogen and oxygen atoms in total. The summed E-state index contributed by atoms with van der Waals surface area (Å²) >= 11 is 0. The Morgan fingerprint density at radius 2 is 1.60 bits per heavy atom. The number of sulfonamides is 1. The zero-order valence-electron chi connectivity index (χ0n) is 32.4.